The summed E-state index contributed by atoms with van der Waals surface area (Å²) in [6, 6.07) is 0.204. The highest BCUT2D eigenvalue weighted by Crippen LogP contribution is 2.30. The molecule has 3 unspecified atom stereocenters. The number of carbonyl (C=O) groups is 2. The molecule has 31 heavy (non-hydrogen) atoms. The predicted molar refractivity (Wildman–Crippen MR) is 122 cm³/mol. The van der Waals surface area contributed by atoms with Crippen molar-refractivity contribution in [2.24, 2.45) is 11.8 Å². The van der Waals surface area contributed by atoms with Gasteiger partial charge in [0.1, 0.15) is 11.4 Å². The molecule has 4 rings (SSSR count). The number of hydrogen-bond acceptors (Lipinski definition) is 5. The Hall–Kier alpha value is -2.22. The Morgan fingerprint density at radius 2 is 1.87 bits per heavy atom. The number of piperidine rings is 2. The van der Waals surface area contributed by atoms with E-state index in [0.717, 1.165) is 45.3 Å². The van der Waals surface area contributed by atoms with Crippen molar-refractivity contribution in [3.8, 4) is 0 Å². The quantitative estimate of drug-likeness (QED) is 0.728. The van der Waals surface area contributed by atoms with E-state index >= 15 is 0 Å². The van der Waals surface area contributed by atoms with Crippen LogP contribution in [0.4, 0.5) is 0 Å². The van der Waals surface area contributed by atoms with E-state index in [9.17, 15) is 14.4 Å². The topological polar surface area (TPSA) is 75.5 Å². The predicted octanol–water partition coefficient (Wildman–Crippen LogP) is 3.29. The lowest BCUT2D eigenvalue weighted by Crippen LogP contribution is -2.44. The average Bonchev–Trinajstić information content (AvgIpc) is 3.06. The van der Waals surface area contributed by atoms with Gasteiger partial charge < -0.3 is 9.80 Å². The second-order valence-corrected chi connectivity index (χ2v) is 10.5. The minimum Gasteiger partial charge on any atom is -0.338 e. The lowest BCUT2D eigenvalue weighted by atomic mass is 9.92. The van der Waals surface area contributed by atoms with Crippen molar-refractivity contribution in [1.82, 2.24) is 19.4 Å². The Morgan fingerprint density at radius 1 is 1.16 bits per heavy atom. The van der Waals surface area contributed by atoms with Crippen LogP contribution in [0.25, 0.3) is 10.2 Å². The number of aromatic nitrogens is 2. The number of likely N-dealkylation sites (tertiary alicyclic amines) is 2. The maximum atomic E-state index is 13.2. The van der Waals surface area contributed by atoms with Crippen molar-refractivity contribution in [3.63, 3.8) is 0 Å². The molecule has 2 aliphatic heterocycles. The number of amides is 2. The summed E-state index contributed by atoms with van der Waals surface area (Å²) in [7, 11) is 0. The Kier molecular flexibility index (Phi) is 6.19. The molecule has 4 heterocycles. The van der Waals surface area contributed by atoms with Crippen LogP contribution in [0, 0.1) is 18.8 Å². The summed E-state index contributed by atoms with van der Waals surface area (Å²) >= 11 is 1.29. The molecule has 8 heteroatoms. The molecule has 2 aliphatic rings. The third-order valence-corrected chi connectivity index (χ3v) is 7.88. The number of rotatable bonds is 3. The lowest BCUT2D eigenvalue weighted by molar-refractivity contribution is -0.135. The van der Waals surface area contributed by atoms with Gasteiger partial charge in [0.05, 0.1) is 16.6 Å². The van der Waals surface area contributed by atoms with Crippen LogP contribution >= 0.6 is 11.3 Å². The van der Waals surface area contributed by atoms with Crippen molar-refractivity contribution >= 4 is 33.4 Å². The van der Waals surface area contributed by atoms with E-state index < -0.39 is 0 Å². The SMILES string of the molecule is Cc1c(C(=O)N2CC(C)CC(C)C2)sc2ncn(CC(=O)N3CCCCC3C)c(=O)c12. The van der Waals surface area contributed by atoms with Gasteiger partial charge in [-0.2, -0.15) is 0 Å². The molecule has 0 bridgehead atoms. The largest absolute Gasteiger partial charge is 0.338 e. The van der Waals surface area contributed by atoms with Crippen molar-refractivity contribution in [2.75, 3.05) is 19.6 Å². The summed E-state index contributed by atoms with van der Waals surface area (Å²) in [5, 5.41) is 0.466. The third-order valence-electron chi connectivity index (χ3n) is 6.70. The highest BCUT2D eigenvalue weighted by Gasteiger charge is 2.30. The zero-order valence-electron chi connectivity index (χ0n) is 18.9. The van der Waals surface area contributed by atoms with E-state index in [4.69, 9.17) is 0 Å². The van der Waals surface area contributed by atoms with E-state index in [1.807, 2.05) is 16.7 Å². The van der Waals surface area contributed by atoms with E-state index in [1.54, 1.807) is 0 Å². The minimum absolute atomic E-state index is 0.00810. The van der Waals surface area contributed by atoms with Crippen LogP contribution < -0.4 is 5.56 Å². The Labute approximate surface area is 187 Å². The lowest BCUT2D eigenvalue weighted by Gasteiger charge is -2.34. The molecule has 0 N–H and O–H groups in total. The molecule has 2 amide bonds. The van der Waals surface area contributed by atoms with E-state index in [0.29, 0.717) is 32.5 Å². The first kappa shape index (κ1) is 22.0. The van der Waals surface area contributed by atoms with Gasteiger partial charge in [-0.1, -0.05) is 13.8 Å². The summed E-state index contributed by atoms with van der Waals surface area (Å²) in [5.41, 5.74) is 0.442. The normalized spacial score (nSPS) is 24.6. The maximum absolute atomic E-state index is 13.2. The minimum atomic E-state index is -0.240. The number of aryl methyl sites for hydroxylation is 1. The molecule has 2 aromatic heterocycles. The monoisotopic (exact) mass is 444 g/mol. The average molecular weight is 445 g/mol. The van der Waals surface area contributed by atoms with Crippen LogP contribution in [-0.4, -0.2) is 56.8 Å². The second kappa shape index (κ2) is 8.73. The first-order valence-electron chi connectivity index (χ1n) is 11.3. The molecular formula is C23H32N4O3S. The van der Waals surface area contributed by atoms with Crippen LogP contribution in [-0.2, 0) is 11.3 Å². The zero-order chi connectivity index (χ0) is 22.3. The van der Waals surface area contributed by atoms with Gasteiger partial charge in [-0.25, -0.2) is 4.98 Å². The summed E-state index contributed by atoms with van der Waals surface area (Å²) in [4.78, 5) is 48.6. The molecule has 0 aliphatic carbocycles. The smallest absolute Gasteiger partial charge is 0.264 e. The number of hydrogen-bond donors (Lipinski definition) is 0. The summed E-state index contributed by atoms with van der Waals surface area (Å²) in [5.74, 6) is 0.890. The molecule has 2 aromatic rings. The number of fused-ring (bicyclic) bond motifs is 1. The Morgan fingerprint density at radius 3 is 2.55 bits per heavy atom. The molecule has 2 saturated heterocycles. The molecule has 7 nitrogen and oxygen atoms in total. The number of carbonyl (C=O) groups excluding carboxylic acids is 2. The molecule has 3 atom stereocenters. The van der Waals surface area contributed by atoms with Gasteiger partial charge in [-0.15, -0.1) is 11.3 Å². The fourth-order valence-electron chi connectivity index (χ4n) is 5.15. The first-order valence-corrected chi connectivity index (χ1v) is 12.1. The molecule has 0 saturated carbocycles. The van der Waals surface area contributed by atoms with Gasteiger partial charge in [0.15, 0.2) is 0 Å². The Balaban J connectivity index is 1.61. The van der Waals surface area contributed by atoms with E-state index in [1.165, 1.54) is 22.2 Å². The van der Waals surface area contributed by atoms with Crippen LogP contribution in [0.15, 0.2) is 11.1 Å². The first-order chi connectivity index (χ1) is 14.8. The number of nitrogens with zero attached hydrogens (tertiary/aromatic N) is 4. The van der Waals surface area contributed by atoms with Gasteiger partial charge in [-0.3, -0.25) is 19.0 Å². The molecule has 168 valence electrons. The molecule has 0 radical (unpaired) electrons. The van der Waals surface area contributed by atoms with E-state index in [2.05, 4.69) is 25.8 Å². The van der Waals surface area contributed by atoms with Crippen molar-refractivity contribution in [2.45, 2.75) is 66.0 Å². The van der Waals surface area contributed by atoms with E-state index in [-0.39, 0.29) is 30.0 Å². The van der Waals surface area contributed by atoms with Gasteiger partial charge in [0.25, 0.3) is 11.5 Å². The maximum Gasteiger partial charge on any atom is 0.264 e. The van der Waals surface area contributed by atoms with Crippen LogP contribution in [0.1, 0.15) is 61.7 Å². The highest BCUT2D eigenvalue weighted by atomic mass is 32.1. The molecular weight excluding hydrogens is 412 g/mol. The van der Waals surface area contributed by atoms with Gasteiger partial charge in [0, 0.05) is 25.7 Å². The summed E-state index contributed by atoms with van der Waals surface area (Å²) in [6.45, 7) is 10.5. The van der Waals surface area contributed by atoms with Crippen molar-refractivity contribution in [1.29, 1.82) is 0 Å². The molecule has 0 aromatic carbocycles. The van der Waals surface area contributed by atoms with Crippen LogP contribution in [0.5, 0.6) is 0 Å². The fourth-order valence-corrected chi connectivity index (χ4v) is 6.26. The molecule has 0 spiro atoms. The van der Waals surface area contributed by atoms with Crippen molar-refractivity contribution in [3.05, 3.63) is 27.1 Å². The third kappa shape index (κ3) is 4.27. The fraction of sp³-hybridized carbons (Fsp3) is 0.652. The van der Waals surface area contributed by atoms with Crippen LogP contribution in [0.3, 0.4) is 0 Å². The zero-order valence-corrected chi connectivity index (χ0v) is 19.7. The Bertz CT molecular complexity index is 1050. The molecule has 2 fully saturated rings. The second-order valence-electron chi connectivity index (χ2n) is 9.50. The van der Waals surface area contributed by atoms with Gasteiger partial charge in [-0.05, 0) is 56.9 Å². The van der Waals surface area contributed by atoms with Crippen LogP contribution in [0.2, 0.25) is 0 Å². The highest BCUT2D eigenvalue weighted by molar-refractivity contribution is 7.20. The van der Waals surface area contributed by atoms with Gasteiger partial charge >= 0.3 is 0 Å². The standard InChI is InChI=1S/C23H32N4O3S/c1-14-9-15(2)11-25(10-14)23(30)20-17(4)19-21(31-20)24-13-26(22(19)29)12-18(28)27-8-6-5-7-16(27)3/h13-16H,5-12H2,1-4H3. The number of thiophene rings is 1. The van der Waals surface area contributed by atoms with Crippen molar-refractivity contribution < 1.29 is 9.59 Å². The summed E-state index contributed by atoms with van der Waals surface area (Å²) in [6.07, 6.45) is 5.72. The summed E-state index contributed by atoms with van der Waals surface area (Å²) < 4.78 is 1.39. The van der Waals surface area contributed by atoms with Gasteiger partial charge in [0.2, 0.25) is 5.91 Å².